The van der Waals surface area contributed by atoms with Crippen molar-refractivity contribution in [2.45, 2.75) is 65.0 Å². The maximum atomic E-state index is 6.21. The van der Waals surface area contributed by atoms with Gasteiger partial charge in [0.25, 0.3) is 0 Å². The maximum absolute atomic E-state index is 6.21. The summed E-state index contributed by atoms with van der Waals surface area (Å²) < 4.78 is 7.26. The molecular formula is C18H28BrNO. The van der Waals surface area contributed by atoms with Crippen molar-refractivity contribution in [3.8, 4) is 5.75 Å². The molecular weight excluding hydrogens is 326 g/mol. The zero-order valence-corrected chi connectivity index (χ0v) is 15.0. The molecule has 0 heterocycles. The smallest absolute Gasteiger partial charge is 0.133 e. The molecule has 3 heteroatoms. The Labute approximate surface area is 137 Å². The van der Waals surface area contributed by atoms with Crippen molar-refractivity contribution >= 4 is 15.9 Å². The van der Waals surface area contributed by atoms with Crippen LogP contribution in [0.25, 0.3) is 0 Å². The second-order valence-corrected chi connectivity index (χ2v) is 7.50. The topological polar surface area (TPSA) is 35.2 Å². The average Bonchev–Trinajstić information content (AvgIpc) is 2.45. The van der Waals surface area contributed by atoms with Crippen molar-refractivity contribution in [1.82, 2.24) is 0 Å². The summed E-state index contributed by atoms with van der Waals surface area (Å²) in [5.41, 5.74) is 7.30. The van der Waals surface area contributed by atoms with E-state index >= 15 is 0 Å². The molecule has 2 N–H and O–H groups in total. The molecule has 2 nitrogen and oxygen atoms in total. The van der Waals surface area contributed by atoms with Crippen molar-refractivity contribution in [3.05, 3.63) is 28.2 Å². The minimum absolute atomic E-state index is 0.240. The highest BCUT2D eigenvalue weighted by Crippen LogP contribution is 2.34. The first-order valence-corrected chi connectivity index (χ1v) is 8.99. The fraction of sp³-hybridized carbons (Fsp3) is 0.667. The second-order valence-electron chi connectivity index (χ2n) is 6.64. The Bertz CT molecular complexity index is 463. The predicted octanol–water partition coefficient (Wildman–Crippen LogP) is 4.93. The largest absolute Gasteiger partial charge is 0.489 e. The zero-order chi connectivity index (χ0) is 15.4. The van der Waals surface area contributed by atoms with Crippen LogP contribution < -0.4 is 10.5 Å². The molecule has 1 aromatic rings. The molecule has 118 valence electrons. The van der Waals surface area contributed by atoms with Gasteiger partial charge in [0.15, 0.2) is 0 Å². The SMILES string of the molecule is CCC(N)Cc1ccc(OC2CCC(C)C(C)C2)c(Br)c1. The van der Waals surface area contributed by atoms with Crippen molar-refractivity contribution in [1.29, 1.82) is 0 Å². The van der Waals surface area contributed by atoms with Crippen LogP contribution in [0.4, 0.5) is 0 Å². The summed E-state index contributed by atoms with van der Waals surface area (Å²) in [6.07, 6.45) is 5.89. The summed E-state index contributed by atoms with van der Waals surface area (Å²) >= 11 is 3.65. The van der Waals surface area contributed by atoms with Crippen LogP contribution in [-0.2, 0) is 6.42 Å². The van der Waals surface area contributed by atoms with Crippen LogP contribution in [0.3, 0.4) is 0 Å². The van der Waals surface area contributed by atoms with Gasteiger partial charge in [-0.15, -0.1) is 0 Å². The van der Waals surface area contributed by atoms with Gasteiger partial charge >= 0.3 is 0 Å². The zero-order valence-electron chi connectivity index (χ0n) is 13.4. The van der Waals surface area contributed by atoms with Crippen molar-refractivity contribution < 1.29 is 4.74 Å². The molecule has 1 aliphatic carbocycles. The fourth-order valence-corrected chi connectivity index (χ4v) is 3.52. The van der Waals surface area contributed by atoms with Gasteiger partial charge in [0.2, 0.25) is 0 Å². The third-order valence-corrected chi connectivity index (χ3v) is 5.48. The lowest BCUT2D eigenvalue weighted by Gasteiger charge is -2.32. The summed E-state index contributed by atoms with van der Waals surface area (Å²) in [5.74, 6) is 2.55. The minimum atomic E-state index is 0.240. The van der Waals surface area contributed by atoms with Gasteiger partial charge in [0, 0.05) is 6.04 Å². The van der Waals surface area contributed by atoms with Gasteiger partial charge in [0.1, 0.15) is 5.75 Å². The summed E-state index contributed by atoms with van der Waals surface area (Å²) in [4.78, 5) is 0. The molecule has 1 aliphatic rings. The molecule has 0 amide bonds. The third-order valence-electron chi connectivity index (χ3n) is 4.86. The summed E-state index contributed by atoms with van der Waals surface area (Å²) in [6, 6.07) is 6.62. The Kier molecular flexibility index (Phi) is 6.12. The molecule has 1 aromatic carbocycles. The number of rotatable bonds is 5. The highest BCUT2D eigenvalue weighted by Gasteiger charge is 2.26. The van der Waals surface area contributed by atoms with Gasteiger partial charge in [0.05, 0.1) is 10.6 Å². The van der Waals surface area contributed by atoms with Crippen LogP contribution in [0.2, 0.25) is 0 Å². The molecule has 0 aliphatic heterocycles. The fourth-order valence-electron chi connectivity index (χ4n) is 3.00. The first-order valence-electron chi connectivity index (χ1n) is 8.20. The Hall–Kier alpha value is -0.540. The van der Waals surface area contributed by atoms with Crippen molar-refractivity contribution in [2.75, 3.05) is 0 Å². The lowest BCUT2D eigenvalue weighted by molar-refractivity contribution is 0.0999. The molecule has 21 heavy (non-hydrogen) atoms. The molecule has 0 bridgehead atoms. The number of nitrogens with two attached hydrogens (primary N) is 1. The van der Waals surface area contributed by atoms with E-state index in [9.17, 15) is 0 Å². The number of hydrogen-bond acceptors (Lipinski definition) is 2. The molecule has 4 atom stereocenters. The van der Waals surface area contributed by atoms with Gasteiger partial charge < -0.3 is 10.5 Å². The van der Waals surface area contributed by atoms with E-state index in [1.807, 2.05) is 0 Å². The molecule has 0 radical (unpaired) electrons. The van der Waals surface area contributed by atoms with E-state index in [4.69, 9.17) is 10.5 Å². The predicted molar refractivity (Wildman–Crippen MR) is 92.7 cm³/mol. The normalized spacial score (nSPS) is 27.4. The molecule has 1 fully saturated rings. The van der Waals surface area contributed by atoms with E-state index in [2.05, 4.69) is 54.9 Å². The van der Waals surface area contributed by atoms with Gasteiger partial charge in [-0.25, -0.2) is 0 Å². The Morgan fingerprint density at radius 3 is 2.67 bits per heavy atom. The summed E-state index contributed by atoms with van der Waals surface area (Å²) in [6.45, 7) is 6.81. The van der Waals surface area contributed by atoms with Crippen LogP contribution >= 0.6 is 15.9 Å². The third kappa shape index (κ3) is 4.72. The second kappa shape index (κ2) is 7.64. The maximum Gasteiger partial charge on any atom is 0.133 e. The first kappa shape index (κ1) is 16.8. The Balaban J connectivity index is 1.98. The van der Waals surface area contributed by atoms with Crippen molar-refractivity contribution in [2.24, 2.45) is 17.6 Å². The molecule has 4 unspecified atom stereocenters. The van der Waals surface area contributed by atoms with Crippen LogP contribution in [0.1, 0.15) is 52.0 Å². The molecule has 0 aromatic heterocycles. The minimum Gasteiger partial charge on any atom is -0.489 e. The quantitative estimate of drug-likeness (QED) is 0.813. The van der Waals surface area contributed by atoms with E-state index in [-0.39, 0.29) is 6.04 Å². The first-order chi connectivity index (χ1) is 9.99. The number of ether oxygens (including phenoxy) is 1. The van der Waals surface area contributed by atoms with E-state index < -0.39 is 0 Å². The van der Waals surface area contributed by atoms with E-state index in [1.165, 1.54) is 18.4 Å². The summed E-state index contributed by atoms with van der Waals surface area (Å²) in [5, 5.41) is 0. The van der Waals surface area contributed by atoms with Crippen LogP contribution in [0.15, 0.2) is 22.7 Å². The van der Waals surface area contributed by atoms with Gasteiger partial charge in [-0.1, -0.05) is 26.8 Å². The summed E-state index contributed by atoms with van der Waals surface area (Å²) in [7, 11) is 0. The van der Waals surface area contributed by atoms with Gasteiger partial charge in [-0.3, -0.25) is 0 Å². The van der Waals surface area contributed by atoms with Crippen LogP contribution in [0.5, 0.6) is 5.75 Å². The molecule has 2 rings (SSSR count). The molecule has 0 spiro atoms. The van der Waals surface area contributed by atoms with Crippen molar-refractivity contribution in [3.63, 3.8) is 0 Å². The number of benzene rings is 1. The number of hydrogen-bond donors (Lipinski definition) is 1. The lowest BCUT2D eigenvalue weighted by atomic mass is 9.80. The van der Waals surface area contributed by atoms with Crippen LogP contribution in [0, 0.1) is 11.8 Å². The van der Waals surface area contributed by atoms with E-state index in [0.29, 0.717) is 6.10 Å². The highest BCUT2D eigenvalue weighted by molar-refractivity contribution is 9.10. The number of halogens is 1. The lowest BCUT2D eigenvalue weighted by Crippen LogP contribution is -2.28. The van der Waals surface area contributed by atoms with Gasteiger partial charge in [-0.05, 0) is 77.6 Å². The van der Waals surface area contributed by atoms with E-state index in [0.717, 1.165) is 41.3 Å². The van der Waals surface area contributed by atoms with Gasteiger partial charge in [-0.2, -0.15) is 0 Å². The average molecular weight is 354 g/mol. The Morgan fingerprint density at radius 1 is 1.29 bits per heavy atom. The van der Waals surface area contributed by atoms with Crippen LogP contribution in [-0.4, -0.2) is 12.1 Å². The monoisotopic (exact) mass is 353 g/mol. The molecule has 1 saturated carbocycles. The Morgan fingerprint density at radius 2 is 2.05 bits per heavy atom. The molecule has 0 saturated heterocycles. The standard InChI is InChI=1S/C18H28BrNO/c1-4-15(20)10-14-6-8-18(17(19)11-14)21-16-7-5-12(2)13(3)9-16/h6,8,11-13,15-16H,4-5,7,9-10,20H2,1-3H3. The highest BCUT2D eigenvalue weighted by atomic mass is 79.9. The van der Waals surface area contributed by atoms with E-state index in [1.54, 1.807) is 0 Å².